The van der Waals surface area contributed by atoms with Gasteiger partial charge in [-0.25, -0.2) is 15.2 Å². The topological polar surface area (TPSA) is 113 Å². The summed E-state index contributed by atoms with van der Waals surface area (Å²) in [4.78, 5) is 10.8. The van der Waals surface area contributed by atoms with Crippen LogP contribution in [0.2, 0.25) is 0 Å². The average molecular weight is 256 g/mol. The van der Waals surface area contributed by atoms with Gasteiger partial charge in [0, 0.05) is 6.54 Å². The van der Waals surface area contributed by atoms with E-state index in [1.807, 2.05) is 0 Å². The lowest BCUT2D eigenvalue weighted by Crippen LogP contribution is -2.45. The number of phenolic OH excluding ortho intramolecular Hbond substituents is 2. The highest BCUT2D eigenvalue weighted by Gasteiger charge is 2.13. The molecule has 18 heavy (non-hydrogen) atoms. The van der Waals surface area contributed by atoms with Crippen molar-refractivity contribution >= 4 is 6.09 Å². The summed E-state index contributed by atoms with van der Waals surface area (Å²) >= 11 is 0. The number of nitrogens with zero attached hydrogens (tertiary/aromatic N) is 1. The van der Waals surface area contributed by atoms with Crippen molar-refractivity contribution < 1.29 is 25.2 Å². The minimum Gasteiger partial charge on any atom is -0.504 e. The molecule has 0 aliphatic heterocycles. The van der Waals surface area contributed by atoms with E-state index in [0.29, 0.717) is 5.56 Å². The number of aromatic hydroxyl groups is 2. The number of carboxylic acid groups (broad SMARTS) is 1. The van der Waals surface area contributed by atoms with Gasteiger partial charge < -0.3 is 20.4 Å². The Labute approximate surface area is 104 Å². The van der Waals surface area contributed by atoms with Crippen molar-refractivity contribution in [1.82, 2.24) is 10.4 Å². The zero-order valence-corrected chi connectivity index (χ0v) is 9.87. The predicted molar refractivity (Wildman–Crippen MR) is 63.0 cm³/mol. The summed E-state index contributed by atoms with van der Waals surface area (Å²) in [5, 5.41) is 37.2. The van der Waals surface area contributed by atoms with Crippen LogP contribution in [0.5, 0.6) is 11.5 Å². The van der Waals surface area contributed by atoms with Crippen molar-refractivity contribution in [2.24, 2.45) is 0 Å². The lowest BCUT2D eigenvalue weighted by Gasteiger charge is -2.21. The fourth-order valence-corrected chi connectivity index (χ4v) is 1.34. The van der Waals surface area contributed by atoms with Gasteiger partial charge in [-0.15, -0.1) is 0 Å². The summed E-state index contributed by atoms with van der Waals surface area (Å²) in [6.45, 7) is 1.55. The van der Waals surface area contributed by atoms with E-state index in [0.717, 1.165) is 5.01 Å². The van der Waals surface area contributed by atoms with Gasteiger partial charge in [0.25, 0.3) is 0 Å². The molecule has 0 radical (unpaired) electrons. The van der Waals surface area contributed by atoms with Crippen LogP contribution in [0.15, 0.2) is 18.2 Å². The van der Waals surface area contributed by atoms with Gasteiger partial charge in [0.15, 0.2) is 11.5 Å². The fraction of sp³-hybridized carbons (Fsp3) is 0.364. The summed E-state index contributed by atoms with van der Waals surface area (Å²) in [6, 6.07) is 4.18. The number of benzene rings is 1. The first-order valence-corrected chi connectivity index (χ1v) is 5.33. The number of hydrogen-bond acceptors (Lipinski definition) is 5. The van der Waals surface area contributed by atoms with Crippen molar-refractivity contribution in [3.8, 4) is 11.5 Å². The maximum absolute atomic E-state index is 10.8. The molecule has 0 fully saturated rings. The standard InChI is InChI=1S/C11H16N2O5/c1-7(14)6-13(11(17)18)12-5-8-2-3-9(15)10(16)4-8/h2-4,7,12,14-16H,5-6H2,1H3,(H,17,18). The molecule has 1 atom stereocenters. The molecule has 5 N–H and O–H groups in total. The zero-order valence-electron chi connectivity index (χ0n) is 9.87. The molecule has 1 aromatic rings. The minimum absolute atomic E-state index is 0.0700. The van der Waals surface area contributed by atoms with Crippen LogP contribution in [0, 0.1) is 0 Å². The zero-order chi connectivity index (χ0) is 13.7. The van der Waals surface area contributed by atoms with E-state index < -0.39 is 12.2 Å². The normalized spacial score (nSPS) is 12.1. The number of nitrogens with one attached hydrogen (secondary N) is 1. The second-order valence-corrected chi connectivity index (χ2v) is 3.90. The number of hydrazine groups is 1. The molecule has 0 saturated carbocycles. The van der Waals surface area contributed by atoms with Crippen LogP contribution in [0.3, 0.4) is 0 Å². The van der Waals surface area contributed by atoms with Crippen LogP contribution in [-0.2, 0) is 6.54 Å². The Bertz CT molecular complexity index is 422. The van der Waals surface area contributed by atoms with Crippen molar-refractivity contribution in [3.63, 3.8) is 0 Å². The van der Waals surface area contributed by atoms with E-state index in [1.165, 1.54) is 19.1 Å². The van der Waals surface area contributed by atoms with Crippen LogP contribution in [-0.4, -0.2) is 44.2 Å². The number of aliphatic hydroxyl groups excluding tert-OH is 1. The summed E-state index contributed by atoms with van der Waals surface area (Å²) in [5.74, 6) is -0.510. The molecule has 0 spiro atoms. The Morgan fingerprint density at radius 1 is 1.39 bits per heavy atom. The molecule has 0 heterocycles. The molecule has 7 heteroatoms. The predicted octanol–water partition coefficient (Wildman–Crippen LogP) is 0.463. The molecular formula is C11H16N2O5. The van der Waals surface area contributed by atoms with Crippen LogP contribution < -0.4 is 5.43 Å². The highest BCUT2D eigenvalue weighted by atomic mass is 16.4. The van der Waals surface area contributed by atoms with Crippen LogP contribution in [0.4, 0.5) is 4.79 Å². The third-order valence-corrected chi connectivity index (χ3v) is 2.19. The number of hydrogen-bond donors (Lipinski definition) is 5. The summed E-state index contributed by atoms with van der Waals surface area (Å²) < 4.78 is 0. The number of amides is 1. The Hall–Kier alpha value is -1.99. The fourth-order valence-electron chi connectivity index (χ4n) is 1.34. The minimum atomic E-state index is -1.21. The Balaban J connectivity index is 2.61. The first-order chi connectivity index (χ1) is 8.40. The Morgan fingerprint density at radius 3 is 2.56 bits per heavy atom. The first kappa shape index (κ1) is 14.1. The molecule has 0 saturated heterocycles. The average Bonchev–Trinajstić information content (AvgIpc) is 2.28. The van der Waals surface area contributed by atoms with Crippen molar-refractivity contribution in [2.45, 2.75) is 19.6 Å². The van der Waals surface area contributed by atoms with E-state index >= 15 is 0 Å². The maximum Gasteiger partial charge on any atom is 0.421 e. The van der Waals surface area contributed by atoms with Gasteiger partial charge in [-0.1, -0.05) is 6.07 Å². The molecule has 0 aliphatic carbocycles. The summed E-state index contributed by atoms with van der Waals surface area (Å²) in [7, 11) is 0. The molecule has 7 nitrogen and oxygen atoms in total. The van der Waals surface area contributed by atoms with Crippen molar-refractivity contribution in [2.75, 3.05) is 6.54 Å². The van der Waals surface area contributed by atoms with Gasteiger partial charge in [0.1, 0.15) is 0 Å². The van der Waals surface area contributed by atoms with E-state index in [4.69, 9.17) is 15.3 Å². The number of rotatable bonds is 5. The highest BCUT2D eigenvalue weighted by Crippen LogP contribution is 2.24. The van der Waals surface area contributed by atoms with Gasteiger partial charge in [0.05, 0.1) is 12.6 Å². The quantitative estimate of drug-likeness (QED) is 0.386. The first-order valence-electron chi connectivity index (χ1n) is 5.33. The summed E-state index contributed by atoms with van der Waals surface area (Å²) in [5.41, 5.74) is 3.19. The third kappa shape index (κ3) is 4.11. The van der Waals surface area contributed by atoms with Crippen molar-refractivity contribution in [3.05, 3.63) is 23.8 Å². The monoisotopic (exact) mass is 256 g/mol. The molecule has 1 amide bonds. The van der Waals surface area contributed by atoms with E-state index in [9.17, 15) is 9.90 Å². The Morgan fingerprint density at radius 2 is 2.06 bits per heavy atom. The van der Waals surface area contributed by atoms with Gasteiger partial charge in [-0.05, 0) is 24.6 Å². The number of aliphatic hydroxyl groups is 1. The van der Waals surface area contributed by atoms with Gasteiger partial charge in [-0.2, -0.15) is 0 Å². The Kier molecular flexibility index (Phi) is 4.75. The highest BCUT2D eigenvalue weighted by molar-refractivity contribution is 5.64. The lowest BCUT2D eigenvalue weighted by molar-refractivity contribution is 0.0780. The summed E-state index contributed by atoms with van der Waals surface area (Å²) in [6.07, 6.45) is -2.00. The van der Waals surface area contributed by atoms with Gasteiger partial charge in [0.2, 0.25) is 0 Å². The largest absolute Gasteiger partial charge is 0.504 e. The molecule has 0 aliphatic rings. The molecule has 1 unspecified atom stereocenters. The molecular weight excluding hydrogens is 240 g/mol. The SMILES string of the molecule is CC(O)CN(NCc1ccc(O)c(O)c1)C(=O)O. The second-order valence-electron chi connectivity index (χ2n) is 3.90. The van der Waals surface area contributed by atoms with Gasteiger partial charge >= 0.3 is 6.09 Å². The lowest BCUT2D eigenvalue weighted by atomic mass is 10.2. The van der Waals surface area contributed by atoms with E-state index in [-0.39, 0.29) is 24.6 Å². The van der Waals surface area contributed by atoms with Crippen molar-refractivity contribution in [1.29, 1.82) is 0 Å². The smallest absolute Gasteiger partial charge is 0.421 e. The molecule has 0 aromatic heterocycles. The molecule has 100 valence electrons. The van der Waals surface area contributed by atoms with E-state index in [2.05, 4.69) is 5.43 Å². The van der Waals surface area contributed by atoms with Crippen LogP contribution in [0.1, 0.15) is 12.5 Å². The maximum atomic E-state index is 10.8. The number of carbonyl (C=O) groups is 1. The molecule has 1 rings (SSSR count). The van der Waals surface area contributed by atoms with Gasteiger partial charge in [-0.3, -0.25) is 0 Å². The third-order valence-electron chi connectivity index (χ3n) is 2.19. The molecule has 0 bridgehead atoms. The van der Waals surface area contributed by atoms with Crippen LogP contribution in [0.25, 0.3) is 0 Å². The van der Waals surface area contributed by atoms with Crippen LogP contribution >= 0.6 is 0 Å². The van der Waals surface area contributed by atoms with E-state index in [1.54, 1.807) is 6.07 Å². The molecule has 1 aromatic carbocycles. The second kappa shape index (κ2) is 6.08. The number of phenols is 2.